The molecule has 8 N–H and O–H groups in total. The molecule has 43 nitrogen and oxygen atoms in total. The number of H-pyrrole nitrogens is 1. The number of carbonyl (C=O) groups is 1. The standard InChI is InChI=1S/C59H101N21O22P4/c1-41(2)72-29-43(99-50(33-72)77-15-12-47(60)63-55(77)83)37-96-104(89,68(6)7)74-31-45(101-52(34-74)79-17-14-49(62)65-57(79)85)39-97-106(91,70(10)11)76-32-46(102-53(36-76)80-28-42(3)54(82)66-58(80)86)40-98-105(90,69(8)9)75-30-44(100-51(35-75)78-16-13-48(61)64-56(78)84)38-95-103(88,67(4)5)73-20-18-71(19-21-73)59(87)94-27-26-93-25-24-92-23-22-81/h12-17,28,41,43-46,50-53,81H,18-27,29-40H2,1-11H3,(H2,60,63,83)(H2,61,64,84)(H2,62,65,85)(H,66,82,86). The first-order valence-corrected chi connectivity index (χ1v) is 40.4. The molecule has 47 heteroatoms. The number of aromatic nitrogens is 8. The average Bonchev–Trinajstić information content (AvgIpc) is 0.778. The number of nitrogens with one attached hydrogen (secondary N) is 1. The molecule has 0 radical (unpaired) electrons. The fraction of sp³-hybridized carbons (Fsp3) is 0.712. The van der Waals surface area contributed by atoms with Crippen LogP contribution in [0, 0.1) is 6.92 Å². The highest BCUT2D eigenvalue weighted by Crippen LogP contribution is 2.59. The van der Waals surface area contributed by atoms with Gasteiger partial charge in [0, 0.05) is 95.3 Å². The van der Waals surface area contributed by atoms with Crippen molar-refractivity contribution in [2.75, 3.05) is 218 Å². The highest BCUT2D eigenvalue weighted by atomic mass is 31.2. The third-order valence-electron chi connectivity index (χ3n) is 18.0. The molecule has 594 valence electrons. The molecule has 4 aromatic rings. The lowest BCUT2D eigenvalue weighted by atomic mass is 10.2. The number of aliphatic hydroxyl groups excluding tert-OH is 1. The average molecular weight is 1580 g/mol. The Kier molecular flexibility index (Phi) is 29.2. The molecular weight excluding hydrogens is 1480 g/mol. The number of aromatic amines is 1. The zero-order valence-corrected chi connectivity index (χ0v) is 65.0. The van der Waals surface area contributed by atoms with E-state index >= 15 is 18.3 Å². The smallest absolute Gasteiger partial charge is 0.409 e. The van der Waals surface area contributed by atoms with Crippen molar-refractivity contribution in [3.05, 3.63) is 101 Å². The maximum absolute atomic E-state index is 16.1. The van der Waals surface area contributed by atoms with Crippen molar-refractivity contribution < 1.29 is 79.4 Å². The fourth-order valence-electron chi connectivity index (χ4n) is 12.3. The second-order valence-electron chi connectivity index (χ2n) is 26.7. The van der Waals surface area contributed by atoms with Crippen LogP contribution < -0.4 is 45.5 Å². The second-order valence-corrected chi connectivity index (χ2v) is 37.1. The summed E-state index contributed by atoms with van der Waals surface area (Å²) in [4.78, 5) is 97.5. The first kappa shape index (κ1) is 84.1. The Hall–Kier alpha value is -5.89. The first-order chi connectivity index (χ1) is 50.1. The van der Waals surface area contributed by atoms with Crippen molar-refractivity contribution in [3.8, 4) is 0 Å². The van der Waals surface area contributed by atoms with Crippen molar-refractivity contribution in [3.63, 3.8) is 0 Å². The van der Waals surface area contributed by atoms with Gasteiger partial charge in [-0.2, -0.15) is 15.0 Å². The summed E-state index contributed by atoms with van der Waals surface area (Å²) in [5, 5.41) is 8.88. The topological polar surface area (TPSA) is 477 Å². The number of carbonyl (C=O) groups excluding carboxylic acids is 1. The van der Waals surface area contributed by atoms with E-state index in [9.17, 15) is 28.8 Å². The van der Waals surface area contributed by atoms with Gasteiger partial charge >= 0.3 is 59.5 Å². The molecule has 1 amide bonds. The second kappa shape index (κ2) is 36.8. The van der Waals surface area contributed by atoms with E-state index in [1.54, 1.807) is 32.9 Å². The predicted molar refractivity (Wildman–Crippen MR) is 384 cm³/mol. The van der Waals surface area contributed by atoms with Gasteiger partial charge in [0.25, 0.3) is 5.56 Å². The molecule has 12 unspecified atom stereocenters. The van der Waals surface area contributed by atoms with Crippen LogP contribution in [-0.2, 0) is 69.5 Å². The number of hydrogen-bond donors (Lipinski definition) is 5. The number of hydrogen-bond acceptors (Lipinski definition) is 29. The van der Waals surface area contributed by atoms with E-state index in [1.807, 2.05) is 13.8 Å². The third kappa shape index (κ3) is 20.4. The number of rotatable bonds is 33. The Morgan fingerprint density at radius 2 is 0.868 bits per heavy atom. The Labute approximate surface area is 611 Å². The molecule has 0 bridgehead atoms. The minimum absolute atomic E-state index is 0.0119. The molecule has 0 aromatic carbocycles. The van der Waals surface area contributed by atoms with Gasteiger partial charge in [0.05, 0.1) is 104 Å². The van der Waals surface area contributed by atoms with Crippen LogP contribution in [0.2, 0.25) is 0 Å². The van der Waals surface area contributed by atoms with Gasteiger partial charge in [-0.25, -0.2) is 61.3 Å². The van der Waals surface area contributed by atoms with E-state index in [2.05, 4.69) is 24.8 Å². The molecular formula is C59H101N21O22P4. The molecule has 0 saturated carbocycles. The zero-order valence-electron chi connectivity index (χ0n) is 61.4. The molecule has 106 heavy (non-hydrogen) atoms. The lowest BCUT2D eigenvalue weighted by molar-refractivity contribution is -0.142. The maximum Gasteiger partial charge on any atom is 0.409 e. The summed E-state index contributed by atoms with van der Waals surface area (Å²) in [5.74, 6) is -0.123. The Balaban J connectivity index is 0.947. The SMILES string of the molecule is Cc1cn(C2CN(P(=O)(OCC3CN(P(=O)(OCC4CN(C(C)C)CC(n5ccc(N)nc5=O)O4)N(C)C)CC(n4ccc(N)nc4=O)O3)N(C)C)CC(COP(=O)(N(C)C)N3CC(COP(=O)(N(C)C)N4CCN(C(=O)OCCOCCOCCO)CC4)OC(n4ccc(N)nc4=O)C3)O2)c(=O)[nH]c1=O. The van der Waals surface area contributed by atoms with Crippen LogP contribution in [0.5, 0.6) is 0 Å². The normalized spacial score (nSPS) is 25.2. The van der Waals surface area contributed by atoms with Gasteiger partial charge in [-0.05, 0) is 95.4 Å². The number of nitrogen functional groups attached to an aromatic ring is 3. The van der Waals surface area contributed by atoms with Gasteiger partial charge in [-0.3, -0.25) is 51.2 Å². The van der Waals surface area contributed by atoms with Crippen molar-refractivity contribution in [1.29, 1.82) is 0 Å². The minimum atomic E-state index is -4.41. The van der Waals surface area contributed by atoms with Crippen LogP contribution in [0.15, 0.2) is 67.0 Å². The van der Waals surface area contributed by atoms with Crippen molar-refractivity contribution in [1.82, 2.24) is 85.4 Å². The summed E-state index contributed by atoms with van der Waals surface area (Å²) in [6, 6.07) is 4.23. The largest absolute Gasteiger partial charge is 0.447 e. The van der Waals surface area contributed by atoms with Gasteiger partial charge in [0.15, 0.2) is 24.9 Å². The van der Waals surface area contributed by atoms with E-state index in [0.29, 0.717) is 13.1 Å². The molecule has 0 aliphatic carbocycles. The van der Waals surface area contributed by atoms with Crippen LogP contribution in [-0.4, -0.2) is 328 Å². The summed E-state index contributed by atoms with van der Waals surface area (Å²) in [5.41, 5.74) is 14.0. The molecule has 9 heterocycles. The summed E-state index contributed by atoms with van der Waals surface area (Å²) in [7, 11) is -4.65. The number of aryl methyl sites for hydroxylation is 1. The molecule has 5 aliphatic rings. The minimum Gasteiger partial charge on any atom is -0.447 e. The van der Waals surface area contributed by atoms with Crippen LogP contribution >= 0.6 is 30.7 Å². The van der Waals surface area contributed by atoms with Gasteiger partial charge < -0.3 is 78.5 Å². The van der Waals surface area contributed by atoms with Gasteiger partial charge in [0.2, 0.25) is 0 Å². The van der Waals surface area contributed by atoms with E-state index in [4.69, 9.17) is 73.6 Å². The van der Waals surface area contributed by atoms with Crippen LogP contribution in [0.1, 0.15) is 44.3 Å². The lowest BCUT2D eigenvalue weighted by Gasteiger charge is -2.46. The highest BCUT2D eigenvalue weighted by Gasteiger charge is 2.50. The highest BCUT2D eigenvalue weighted by molar-refractivity contribution is 7.54. The molecule has 5 fully saturated rings. The monoisotopic (exact) mass is 1580 g/mol. The number of morpholine rings is 4. The van der Waals surface area contributed by atoms with E-state index < -0.39 is 134 Å². The molecule has 0 spiro atoms. The van der Waals surface area contributed by atoms with Crippen LogP contribution in [0.4, 0.5) is 22.2 Å². The van der Waals surface area contributed by atoms with E-state index in [1.165, 1.54) is 120 Å². The van der Waals surface area contributed by atoms with Crippen molar-refractivity contribution >= 4 is 54.2 Å². The summed E-state index contributed by atoms with van der Waals surface area (Å²) >= 11 is 0. The summed E-state index contributed by atoms with van der Waals surface area (Å²) in [6.45, 7) is 3.97. The predicted octanol–water partition coefficient (Wildman–Crippen LogP) is -0.907. The van der Waals surface area contributed by atoms with Crippen LogP contribution in [0.3, 0.4) is 0 Å². The number of anilines is 3. The van der Waals surface area contributed by atoms with Gasteiger partial charge in [-0.1, -0.05) is 0 Å². The maximum atomic E-state index is 16.1. The number of aliphatic hydroxyl groups is 1. The Morgan fingerprint density at radius 1 is 0.519 bits per heavy atom. The van der Waals surface area contributed by atoms with Crippen molar-refractivity contribution in [2.45, 2.75) is 76.1 Å². The Bertz CT molecular complexity index is 4140. The zero-order chi connectivity index (χ0) is 77.2. The lowest BCUT2D eigenvalue weighted by Crippen LogP contribution is -2.52. The number of piperazine rings is 1. The number of amides is 1. The molecule has 4 aromatic heterocycles. The molecule has 5 aliphatic heterocycles. The third-order valence-corrected chi connectivity index (χ3v) is 28.2. The molecule has 9 rings (SSSR count). The quantitative estimate of drug-likeness (QED) is 0.0285. The van der Waals surface area contributed by atoms with E-state index in [0.717, 1.165) is 13.7 Å². The Morgan fingerprint density at radius 3 is 1.24 bits per heavy atom. The first-order valence-electron chi connectivity index (χ1n) is 34.3. The van der Waals surface area contributed by atoms with Gasteiger partial charge in [-0.15, -0.1) is 0 Å². The van der Waals surface area contributed by atoms with E-state index in [-0.39, 0.29) is 141 Å². The number of nitrogens with two attached hydrogens (primary N) is 3. The molecule has 5 saturated heterocycles. The van der Waals surface area contributed by atoms with Crippen molar-refractivity contribution in [2.24, 2.45) is 0 Å². The molecule has 12 atom stereocenters. The fourth-order valence-corrected chi connectivity index (χ4v) is 20.2. The van der Waals surface area contributed by atoms with Gasteiger partial charge in [0.1, 0.15) is 24.1 Å². The van der Waals surface area contributed by atoms with Crippen LogP contribution in [0.25, 0.3) is 0 Å². The summed E-state index contributed by atoms with van der Waals surface area (Å²) in [6.07, 6.45) is -3.96. The number of ether oxygens (including phenoxy) is 7. The summed E-state index contributed by atoms with van der Waals surface area (Å²) < 4.78 is 147. The number of nitrogens with zero attached hydrogens (tertiary/aromatic N) is 17.